The predicted octanol–water partition coefficient (Wildman–Crippen LogP) is 7.66. The molecule has 10 aliphatic carbocycles. The zero-order valence-corrected chi connectivity index (χ0v) is 32.0. The monoisotopic (exact) mass is 739 g/mol. The van der Waals surface area contributed by atoms with E-state index in [0.29, 0.717) is 55.6 Å². The summed E-state index contributed by atoms with van der Waals surface area (Å²) in [5, 5.41) is 24.3. The lowest BCUT2D eigenvalue weighted by Gasteiger charge is -2.71. The third-order valence-electron chi connectivity index (χ3n) is 17.0. The lowest BCUT2D eigenvalue weighted by molar-refractivity contribution is -0.178. The first kappa shape index (κ1) is 35.1. The first-order valence-electron chi connectivity index (χ1n) is 19.7. The topological polar surface area (TPSA) is 94.9 Å². The summed E-state index contributed by atoms with van der Waals surface area (Å²) < 4.78 is 44.2. The van der Waals surface area contributed by atoms with Crippen LogP contribution in [-0.2, 0) is 21.2 Å². The number of sulfonamides is 1. The molecule has 0 amide bonds. The Bertz CT molecular complexity index is 1790. The van der Waals surface area contributed by atoms with Gasteiger partial charge in [-0.2, -0.15) is 4.31 Å². The molecule has 2 N–H and O–H groups in total. The zero-order valence-electron chi connectivity index (χ0n) is 30.5. The molecule has 1 aromatic carbocycles. The van der Waals surface area contributed by atoms with Gasteiger partial charge in [-0.3, -0.25) is 4.79 Å². The molecule has 6 bridgehead atoms. The number of allylic oxidation sites excluding steroid dienone is 4. The molecule has 7 saturated carbocycles. The predicted molar refractivity (Wildman–Crippen MR) is 196 cm³/mol. The summed E-state index contributed by atoms with van der Waals surface area (Å²) in [6, 6.07) is 4.51. The number of hydrogen-bond donors (Lipinski definition) is 2. The molecule has 8 atom stereocenters. The Morgan fingerprint density at radius 1 is 0.922 bits per heavy atom. The Morgan fingerprint density at radius 2 is 1.55 bits per heavy atom. The summed E-state index contributed by atoms with van der Waals surface area (Å²) in [5.74, 6) is 1.43. The van der Waals surface area contributed by atoms with Gasteiger partial charge in [0.1, 0.15) is 5.82 Å². The van der Waals surface area contributed by atoms with Gasteiger partial charge in [-0.25, -0.2) is 12.8 Å². The lowest BCUT2D eigenvalue weighted by Crippen LogP contribution is -2.67. The molecule has 9 heteroatoms. The van der Waals surface area contributed by atoms with Crippen molar-refractivity contribution in [3.8, 4) is 0 Å². The fourth-order valence-electron chi connectivity index (χ4n) is 15.1. The molecule has 0 heterocycles. The van der Waals surface area contributed by atoms with Crippen LogP contribution in [0.5, 0.6) is 0 Å². The molecule has 1 unspecified atom stereocenters. The van der Waals surface area contributed by atoms with Crippen molar-refractivity contribution in [1.29, 1.82) is 0 Å². The van der Waals surface area contributed by atoms with E-state index in [-0.39, 0.29) is 52.0 Å². The van der Waals surface area contributed by atoms with E-state index in [2.05, 4.69) is 32.1 Å². The van der Waals surface area contributed by atoms with Crippen LogP contribution in [0.25, 0.3) is 0 Å². The number of aliphatic hydroxyl groups is 2. The summed E-state index contributed by atoms with van der Waals surface area (Å²) in [5.41, 5.74) is -2.43. The van der Waals surface area contributed by atoms with Crippen molar-refractivity contribution in [2.45, 2.75) is 115 Å². The number of ketones is 1. The third-order valence-corrected chi connectivity index (χ3v) is 18.5. The van der Waals surface area contributed by atoms with Crippen LogP contribution in [-0.4, -0.2) is 59.8 Å². The number of aliphatic hydroxyl groups excluding tert-OH is 1. The van der Waals surface area contributed by atoms with Crippen LogP contribution in [0.15, 0.2) is 42.0 Å². The van der Waals surface area contributed by atoms with Crippen LogP contribution < -0.4 is 0 Å². The number of carbonyl (C=O) groups is 1. The molecule has 0 saturated heterocycles. The molecule has 1 aromatic rings. The number of Topliss-reactive ketones (excluding diaryl/α,β-unsaturated/α-hetero) is 1. The van der Waals surface area contributed by atoms with Gasteiger partial charge in [-0.05, 0) is 136 Å². The summed E-state index contributed by atoms with van der Waals surface area (Å²) in [4.78, 5) is 14.7. The van der Waals surface area contributed by atoms with Gasteiger partial charge in [0.2, 0.25) is 10.0 Å². The molecule has 2 spiro atoms. The zero-order chi connectivity index (χ0) is 36.0. The summed E-state index contributed by atoms with van der Waals surface area (Å²) in [6.07, 6.45) is 19.2. The van der Waals surface area contributed by atoms with E-state index < -0.39 is 43.8 Å². The first-order valence-corrected chi connectivity index (χ1v) is 21.9. The van der Waals surface area contributed by atoms with E-state index in [4.69, 9.17) is 11.6 Å². The highest BCUT2D eigenvalue weighted by Crippen LogP contribution is 2.78. The average Bonchev–Trinajstić information content (AvgIpc) is 3.31. The maximum absolute atomic E-state index is 15.2. The van der Waals surface area contributed by atoms with Gasteiger partial charge in [-0.15, -0.1) is 0 Å². The Kier molecular flexibility index (Phi) is 7.75. The van der Waals surface area contributed by atoms with Crippen molar-refractivity contribution < 1.29 is 27.8 Å². The second kappa shape index (κ2) is 11.2. The van der Waals surface area contributed by atoms with Crippen molar-refractivity contribution >= 4 is 27.4 Å². The van der Waals surface area contributed by atoms with Crippen LogP contribution in [0.4, 0.5) is 4.39 Å². The van der Waals surface area contributed by atoms with Gasteiger partial charge >= 0.3 is 0 Å². The van der Waals surface area contributed by atoms with E-state index in [1.165, 1.54) is 31.6 Å². The SMILES string of the molecule is C[C@]12CC[C@H]3[C@]4(C=C[C@@]5(C=C4C(=O)Cc4c(F)cccc4Cl)CC(O)CC[C@]35C)[C@@H]1CC[C@@]2(O)CN(CC12CC3CC(CC(C3)C1)C2)S(C)(=O)=O. The molecule has 10 aliphatic rings. The molecule has 0 radical (unpaired) electrons. The number of fused-ring (bicyclic) bond motifs is 1. The lowest BCUT2D eigenvalue weighted by atomic mass is 9.32. The van der Waals surface area contributed by atoms with Crippen molar-refractivity contribution in [2.24, 2.45) is 56.7 Å². The Balaban J connectivity index is 1.10. The van der Waals surface area contributed by atoms with Gasteiger partial charge in [0.25, 0.3) is 0 Å². The number of nitrogens with zero attached hydrogens (tertiary/aromatic N) is 1. The molecule has 6 nitrogen and oxygen atoms in total. The molecule has 51 heavy (non-hydrogen) atoms. The molecule has 7 fully saturated rings. The van der Waals surface area contributed by atoms with Crippen LogP contribution in [0.3, 0.4) is 0 Å². The van der Waals surface area contributed by atoms with Crippen LogP contribution in [0, 0.1) is 62.5 Å². The number of rotatable bonds is 8. The second-order valence-corrected chi connectivity index (χ2v) is 21.9. The van der Waals surface area contributed by atoms with Gasteiger partial charge in [0.05, 0.1) is 18.0 Å². The maximum atomic E-state index is 15.2. The largest absolute Gasteiger partial charge is 0.393 e. The van der Waals surface area contributed by atoms with E-state index in [1.54, 1.807) is 16.4 Å². The number of carbonyl (C=O) groups excluding carboxylic acids is 1. The third kappa shape index (κ3) is 4.87. The van der Waals surface area contributed by atoms with Crippen LogP contribution in [0.2, 0.25) is 5.02 Å². The Hall–Kier alpha value is -1.58. The minimum atomic E-state index is -3.61. The first-order chi connectivity index (χ1) is 23.9. The highest BCUT2D eigenvalue weighted by atomic mass is 35.5. The fraction of sp³-hybridized carbons (Fsp3) is 0.738. The van der Waals surface area contributed by atoms with Crippen LogP contribution in [0.1, 0.15) is 103 Å². The summed E-state index contributed by atoms with van der Waals surface area (Å²) in [7, 11) is -3.61. The average molecular weight is 740 g/mol. The molecular weight excluding hydrogens is 685 g/mol. The molecule has 278 valence electrons. The standard InChI is InChI=1S/C42H55ClFNO5S/c1-37-10-7-29(46)22-40(37)13-14-42(31(23-40)34(47)18-30-32(43)5-4-6-33(30)44)35(37)8-11-38(2)36(42)9-12-41(38,48)25-45(51(3,49)50)24-39-19-26-15-27(20-39)17-28(16-26)21-39/h4-6,13-14,23,26-29,35-36,46,48H,7-12,15-22,24-25H2,1-3H3/t26?,27?,28?,29?,35-,36-,37-,38+,39?,40+,41-,42-/m1/s1. The molecule has 0 aliphatic heterocycles. The highest BCUT2D eigenvalue weighted by Gasteiger charge is 2.74. The van der Waals surface area contributed by atoms with Gasteiger partial charge in [0.15, 0.2) is 5.78 Å². The molecule has 11 rings (SSSR count). The molecular formula is C42H55ClFNO5S. The Morgan fingerprint density at radius 3 is 2.20 bits per heavy atom. The van der Waals surface area contributed by atoms with Gasteiger partial charge in [0, 0.05) is 51.9 Å². The molecule has 0 aromatic heterocycles. The van der Waals surface area contributed by atoms with Gasteiger partial charge in [-0.1, -0.05) is 49.7 Å². The summed E-state index contributed by atoms with van der Waals surface area (Å²) >= 11 is 6.48. The maximum Gasteiger partial charge on any atom is 0.211 e. The highest BCUT2D eigenvalue weighted by molar-refractivity contribution is 7.88. The van der Waals surface area contributed by atoms with E-state index in [0.717, 1.165) is 38.5 Å². The quantitative estimate of drug-likeness (QED) is 0.267. The number of benzene rings is 1. The van der Waals surface area contributed by atoms with Crippen molar-refractivity contribution in [2.75, 3.05) is 19.3 Å². The Labute approximate surface area is 308 Å². The fourth-order valence-corrected chi connectivity index (χ4v) is 16.2. The number of hydrogen-bond acceptors (Lipinski definition) is 5. The van der Waals surface area contributed by atoms with Crippen molar-refractivity contribution in [3.63, 3.8) is 0 Å². The van der Waals surface area contributed by atoms with Crippen molar-refractivity contribution in [3.05, 3.63) is 58.4 Å². The normalized spacial score (nSPS) is 47.6. The van der Waals surface area contributed by atoms with E-state index in [9.17, 15) is 23.4 Å². The minimum absolute atomic E-state index is 0.00128. The minimum Gasteiger partial charge on any atom is -0.393 e. The number of halogens is 2. The van der Waals surface area contributed by atoms with E-state index in [1.807, 2.05) is 0 Å². The second-order valence-electron chi connectivity index (χ2n) is 19.6. The van der Waals surface area contributed by atoms with E-state index >= 15 is 4.39 Å². The van der Waals surface area contributed by atoms with Crippen LogP contribution >= 0.6 is 11.6 Å². The van der Waals surface area contributed by atoms with Gasteiger partial charge < -0.3 is 10.2 Å². The smallest absolute Gasteiger partial charge is 0.211 e. The summed E-state index contributed by atoms with van der Waals surface area (Å²) in [6.45, 7) is 5.07. The van der Waals surface area contributed by atoms with Crippen molar-refractivity contribution in [1.82, 2.24) is 4.31 Å².